The van der Waals surface area contributed by atoms with Crippen LogP contribution in [0.15, 0.2) is 0 Å². The maximum Gasteiger partial charge on any atom is 0.308 e. The molecule has 4 heteroatoms. The van der Waals surface area contributed by atoms with E-state index in [0.29, 0.717) is 12.6 Å². The molecule has 0 atom stereocenters. The van der Waals surface area contributed by atoms with Gasteiger partial charge in [-0.05, 0) is 46.7 Å². The lowest BCUT2D eigenvalue weighted by Gasteiger charge is -2.28. The standard InChI is InChI=1S/C13H26N2O2/c1-4-17-13(16)11-5-7-12(8-6-11)14-9-10-15(2)3/h11-12,14H,4-10H2,1-3H3. The molecule has 0 aromatic rings. The second-order valence-corrected chi connectivity index (χ2v) is 5.06. The Morgan fingerprint density at radius 3 is 2.47 bits per heavy atom. The van der Waals surface area contributed by atoms with Gasteiger partial charge in [-0.3, -0.25) is 4.79 Å². The highest BCUT2D eigenvalue weighted by Gasteiger charge is 2.26. The van der Waals surface area contributed by atoms with Gasteiger partial charge in [-0.25, -0.2) is 0 Å². The van der Waals surface area contributed by atoms with Crippen LogP contribution in [-0.2, 0) is 9.53 Å². The lowest BCUT2D eigenvalue weighted by molar-refractivity contribution is -0.149. The van der Waals surface area contributed by atoms with Crippen LogP contribution in [0.25, 0.3) is 0 Å². The predicted octanol–water partition coefficient (Wildman–Crippen LogP) is 1.26. The first-order valence-corrected chi connectivity index (χ1v) is 6.68. The molecule has 1 rings (SSSR count). The van der Waals surface area contributed by atoms with Gasteiger partial charge in [0, 0.05) is 19.1 Å². The summed E-state index contributed by atoms with van der Waals surface area (Å²) in [5.41, 5.74) is 0. The van der Waals surface area contributed by atoms with Gasteiger partial charge in [0.1, 0.15) is 0 Å². The van der Waals surface area contributed by atoms with Crippen molar-refractivity contribution in [1.29, 1.82) is 0 Å². The molecule has 1 fully saturated rings. The van der Waals surface area contributed by atoms with Crippen LogP contribution in [-0.4, -0.2) is 50.7 Å². The maximum atomic E-state index is 11.6. The highest BCUT2D eigenvalue weighted by atomic mass is 16.5. The lowest BCUT2D eigenvalue weighted by Crippen LogP contribution is -2.38. The average molecular weight is 242 g/mol. The summed E-state index contributed by atoms with van der Waals surface area (Å²) in [4.78, 5) is 13.7. The number of nitrogens with one attached hydrogen (secondary N) is 1. The minimum absolute atomic E-state index is 0.000702. The van der Waals surface area contributed by atoms with Crippen molar-refractivity contribution >= 4 is 5.97 Å². The SMILES string of the molecule is CCOC(=O)C1CCC(NCCN(C)C)CC1. The summed E-state index contributed by atoms with van der Waals surface area (Å²) in [5.74, 6) is 0.140. The van der Waals surface area contributed by atoms with E-state index in [0.717, 1.165) is 38.8 Å². The maximum absolute atomic E-state index is 11.6. The van der Waals surface area contributed by atoms with Gasteiger partial charge in [0.2, 0.25) is 0 Å². The van der Waals surface area contributed by atoms with Crippen LogP contribution >= 0.6 is 0 Å². The molecule has 0 radical (unpaired) electrons. The second kappa shape index (κ2) is 7.67. The molecule has 1 aliphatic carbocycles. The first-order chi connectivity index (χ1) is 8.13. The molecule has 0 unspecified atom stereocenters. The number of likely N-dealkylation sites (N-methyl/N-ethyl adjacent to an activating group) is 1. The van der Waals surface area contributed by atoms with Gasteiger partial charge in [0.15, 0.2) is 0 Å². The monoisotopic (exact) mass is 242 g/mol. The molecular weight excluding hydrogens is 216 g/mol. The first kappa shape index (κ1) is 14.5. The Morgan fingerprint density at radius 2 is 1.94 bits per heavy atom. The van der Waals surface area contributed by atoms with Crippen molar-refractivity contribution in [2.75, 3.05) is 33.8 Å². The van der Waals surface area contributed by atoms with Crippen LogP contribution < -0.4 is 5.32 Å². The van der Waals surface area contributed by atoms with E-state index in [2.05, 4.69) is 24.3 Å². The van der Waals surface area contributed by atoms with Crippen molar-refractivity contribution in [2.24, 2.45) is 5.92 Å². The minimum atomic E-state index is -0.000702. The van der Waals surface area contributed by atoms with Crippen molar-refractivity contribution in [2.45, 2.75) is 38.6 Å². The number of carbonyl (C=O) groups excluding carboxylic acids is 1. The normalized spacial score (nSPS) is 24.9. The van der Waals surface area contributed by atoms with Crippen LogP contribution in [0.1, 0.15) is 32.6 Å². The van der Waals surface area contributed by atoms with Gasteiger partial charge in [-0.15, -0.1) is 0 Å². The third kappa shape index (κ3) is 5.50. The first-order valence-electron chi connectivity index (χ1n) is 6.68. The van der Waals surface area contributed by atoms with Crippen molar-refractivity contribution < 1.29 is 9.53 Å². The molecule has 1 aliphatic rings. The summed E-state index contributed by atoms with van der Waals surface area (Å²) < 4.78 is 5.06. The van der Waals surface area contributed by atoms with E-state index in [4.69, 9.17) is 4.74 Å². The summed E-state index contributed by atoms with van der Waals surface area (Å²) >= 11 is 0. The van der Waals surface area contributed by atoms with Crippen LogP contribution in [0.2, 0.25) is 0 Å². The molecule has 0 amide bonds. The van der Waals surface area contributed by atoms with Crippen molar-refractivity contribution in [3.8, 4) is 0 Å². The largest absolute Gasteiger partial charge is 0.466 e. The molecular formula is C13H26N2O2. The van der Waals surface area contributed by atoms with E-state index in [-0.39, 0.29) is 11.9 Å². The van der Waals surface area contributed by atoms with Crippen LogP contribution in [0, 0.1) is 5.92 Å². The van der Waals surface area contributed by atoms with E-state index in [1.165, 1.54) is 0 Å². The third-order valence-electron chi connectivity index (χ3n) is 3.34. The fraction of sp³-hybridized carbons (Fsp3) is 0.923. The Labute approximate surface area is 105 Å². The highest BCUT2D eigenvalue weighted by Crippen LogP contribution is 2.25. The molecule has 0 bridgehead atoms. The number of hydrogen-bond donors (Lipinski definition) is 1. The molecule has 100 valence electrons. The molecule has 1 N–H and O–H groups in total. The molecule has 0 spiro atoms. The fourth-order valence-corrected chi connectivity index (χ4v) is 2.29. The van der Waals surface area contributed by atoms with E-state index in [1.807, 2.05) is 6.92 Å². The third-order valence-corrected chi connectivity index (χ3v) is 3.34. The molecule has 0 heterocycles. The van der Waals surface area contributed by atoms with Crippen LogP contribution in [0.3, 0.4) is 0 Å². The van der Waals surface area contributed by atoms with Crippen molar-refractivity contribution in [3.05, 3.63) is 0 Å². The Balaban J connectivity index is 2.15. The van der Waals surface area contributed by atoms with Gasteiger partial charge in [-0.2, -0.15) is 0 Å². The zero-order valence-electron chi connectivity index (χ0n) is 11.4. The van der Waals surface area contributed by atoms with Gasteiger partial charge in [0.05, 0.1) is 12.5 Å². The fourth-order valence-electron chi connectivity index (χ4n) is 2.29. The highest BCUT2D eigenvalue weighted by molar-refractivity contribution is 5.72. The topological polar surface area (TPSA) is 41.6 Å². The number of esters is 1. The summed E-state index contributed by atoms with van der Waals surface area (Å²) in [5, 5.41) is 3.55. The van der Waals surface area contributed by atoms with Crippen molar-refractivity contribution in [1.82, 2.24) is 10.2 Å². The van der Waals surface area contributed by atoms with E-state index < -0.39 is 0 Å². The van der Waals surface area contributed by atoms with E-state index >= 15 is 0 Å². The molecule has 0 saturated heterocycles. The van der Waals surface area contributed by atoms with Gasteiger partial charge >= 0.3 is 5.97 Å². The second-order valence-electron chi connectivity index (χ2n) is 5.06. The Hall–Kier alpha value is -0.610. The number of hydrogen-bond acceptors (Lipinski definition) is 4. The Morgan fingerprint density at radius 1 is 1.29 bits per heavy atom. The zero-order valence-corrected chi connectivity index (χ0v) is 11.4. The number of nitrogens with zero attached hydrogens (tertiary/aromatic N) is 1. The van der Waals surface area contributed by atoms with E-state index in [1.54, 1.807) is 0 Å². The number of carbonyl (C=O) groups is 1. The summed E-state index contributed by atoms with van der Waals surface area (Å²) in [6.07, 6.45) is 4.13. The van der Waals surface area contributed by atoms with Gasteiger partial charge in [-0.1, -0.05) is 0 Å². The van der Waals surface area contributed by atoms with E-state index in [9.17, 15) is 4.79 Å². The Bertz CT molecular complexity index is 223. The molecule has 0 aromatic heterocycles. The van der Waals surface area contributed by atoms with Crippen LogP contribution in [0.5, 0.6) is 0 Å². The Kier molecular flexibility index (Phi) is 6.52. The van der Waals surface area contributed by atoms with Crippen molar-refractivity contribution in [3.63, 3.8) is 0 Å². The molecule has 0 aromatic carbocycles. The summed E-state index contributed by atoms with van der Waals surface area (Å²) in [6, 6.07) is 0.584. The lowest BCUT2D eigenvalue weighted by atomic mass is 9.86. The molecule has 4 nitrogen and oxygen atoms in total. The van der Waals surface area contributed by atoms with Gasteiger partial charge < -0.3 is 15.0 Å². The average Bonchev–Trinajstić information content (AvgIpc) is 2.30. The number of ether oxygens (including phenoxy) is 1. The van der Waals surface area contributed by atoms with Gasteiger partial charge in [0.25, 0.3) is 0 Å². The minimum Gasteiger partial charge on any atom is -0.466 e. The molecule has 0 aliphatic heterocycles. The molecule has 1 saturated carbocycles. The summed E-state index contributed by atoms with van der Waals surface area (Å²) in [6.45, 7) is 4.46. The predicted molar refractivity (Wildman–Crippen MR) is 68.9 cm³/mol. The smallest absolute Gasteiger partial charge is 0.308 e. The zero-order chi connectivity index (χ0) is 12.7. The quantitative estimate of drug-likeness (QED) is 0.712. The van der Waals surface area contributed by atoms with Crippen LogP contribution in [0.4, 0.5) is 0 Å². The number of rotatable bonds is 6. The summed E-state index contributed by atoms with van der Waals surface area (Å²) in [7, 11) is 4.17. The molecule has 17 heavy (non-hydrogen) atoms.